The van der Waals surface area contributed by atoms with Crippen LogP contribution in [-0.2, 0) is 0 Å². The molecule has 0 aromatic carbocycles. The van der Waals surface area contributed by atoms with Crippen LogP contribution in [0.2, 0.25) is 0 Å². The van der Waals surface area contributed by atoms with Gasteiger partial charge in [-0.3, -0.25) is 4.99 Å². The fourth-order valence-electron chi connectivity index (χ4n) is 1.05. The first-order chi connectivity index (χ1) is 4.10. The van der Waals surface area contributed by atoms with Gasteiger partial charge < -0.3 is 0 Å². The van der Waals surface area contributed by atoms with E-state index >= 15 is 0 Å². The molecule has 1 nitrogen and oxygen atoms in total. The van der Waals surface area contributed by atoms with E-state index in [4.69, 9.17) is 0 Å². The molecule has 52 valence electrons. The van der Waals surface area contributed by atoms with E-state index in [1.165, 1.54) is 12.8 Å². The van der Waals surface area contributed by atoms with Crippen LogP contribution in [-0.4, -0.2) is 12.3 Å². The molecule has 1 unspecified atom stereocenters. The van der Waals surface area contributed by atoms with Gasteiger partial charge in [0.25, 0.3) is 0 Å². The molecule has 0 spiro atoms. The summed E-state index contributed by atoms with van der Waals surface area (Å²) in [6.45, 7) is 6.65. The van der Waals surface area contributed by atoms with Gasteiger partial charge in [-0.1, -0.05) is 13.8 Å². The van der Waals surface area contributed by atoms with Gasteiger partial charge in [0.05, 0.1) is 0 Å². The van der Waals surface area contributed by atoms with Gasteiger partial charge in [0.2, 0.25) is 0 Å². The molecule has 1 aliphatic rings. The third-order valence-corrected chi connectivity index (χ3v) is 1.88. The Morgan fingerprint density at radius 2 is 2.22 bits per heavy atom. The zero-order valence-electron chi connectivity index (χ0n) is 6.52. The molecule has 0 N–H and O–H groups in total. The van der Waals surface area contributed by atoms with Crippen molar-refractivity contribution in [2.24, 2.45) is 10.4 Å². The van der Waals surface area contributed by atoms with Gasteiger partial charge in [-0.2, -0.15) is 0 Å². The highest BCUT2D eigenvalue weighted by Gasteiger charge is 2.19. The minimum Gasteiger partial charge on any atom is -0.294 e. The minimum atomic E-state index is 0.368. The van der Waals surface area contributed by atoms with E-state index in [2.05, 4.69) is 32.0 Å². The van der Waals surface area contributed by atoms with Crippen molar-refractivity contribution in [3.05, 3.63) is 0 Å². The fraction of sp³-hybridized carbons (Fsp3) is 0.875. The standard InChI is InChI=1S/C8H15N/c1-7-4-5-8(2,3)6-9-7/h6-7H,4-5H2,1-3H3. The summed E-state index contributed by atoms with van der Waals surface area (Å²) >= 11 is 0. The molecule has 1 heteroatoms. The number of nitrogens with zero attached hydrogens (tertiary/aromatic N) is 1. The third kappa shape index (κ3) is 1.81. The number of hydrogen-bond donors (Lipinski definition) is 0. The summed E-state index contributed by atoms with van der Waals surface area (Å²) < 4.78 is 0. The van der Waals surface area contributed by atoms with Crippen LogP contribution in [0, 0.1) is 5.41 Å². The lowest BCUT2D eigenvalue weighted by molar-refractivity contribution is 0.416. The van der Waals surface area contributed by atoms with Crippen LogP contribution >= 0.6 is 0 Å². The summed E-state index contributed by atoms with van der Waals surface area (Å²) in [5.74, 6) is 0. The van der Waals surface area contributed by atoms with Crippen LogP contribution in [0.3, 0.4) is 0 Å². The molecule has 0 radical (unpaired) electrons. The Labute approximate surface area is 57.2 Å². The minimum absolute atomic E-state index is 0.368. The average Bonchev–Trinajstić information content (AvgIpc) is 1.78. The molecule has 1 rings (SSSR count). The highest BCUT2D eigenvalue weighted by molar-refractivity contribution is 5.65. The first-order valence-corrected chi connectivity index (χ1v) is 3.64. The van der Waals surface area contributed by atoms with Crippen molar-refractivity contribution < 1.29 is 0 Å². The Morgan fingerprint density at radius 3 is 2.56 bits per heavy atom. The largest absolute Gasteiger partial charge is 0.294 e. The predicted molar refractivity (Wildman–Crippen MR) is 41.0 cm³/mol. The normalized spacial score (nSPS) is 32.6. The second-order valence-electron chi connectivity index (χ2n) is 3.65. The van der Waals surface area contributed by atoms with Gasteiger partial charge in [-0.25, -0.2) is 0 Å². The van der Waals surface area contributed by atoms with Crippen LogP contribution in [0.4, 0.5) is 0 Å². The van der Waals surface area contributed by atoms with Crippen LogP contribution in [0.5, 0.6) is 0 Å². The molecule has 9 heavy (non-hydrogen) atoms. The second kappa shape index (κ2) is 2.13. The Hall–Kier alpha value is -0.330. The summed E-state index contributed by atoms with van der Waals surface area (Å²) in [5.41, 5.74) is 0.368. The van der Waals surface area contributed by atoms with E-state index in [0.29, 0.717) is 11.5 Å². The van der Waals surface area contributed by atoms with Crippen LogP contribution < -0.4 is 0 Å². The highest BCUT2D eigenvalue weighted by atomic mass is 14.8. The maximum absolute atomic E-state index is 4.36. The lowest BCUT2D eigenvalue weighted by atomic mass is 9.85. The zero-order valence-corrected chi connectivity index (χ0v) is 6.52. The van der Waals surface area contributed by atoms with Crippen molar-refractivity contribution in [3.63, 3.8) is 0 Å². The van der Waals surface area contributed by atoms with Crippen molar-refractivity contribution in [1.29, 1.82) is 0 Å². The van der Waals surface area contributed by atoms with E-state index in [0.717, 1.165) is 0 Å². The molecular formula is C8H15N. The molecule has 1 aliphatic heterocycles. The molecule has 0 fully saturated rings. The second-order valence-corrected chi connectivity index (χ2v) is 3.65. The Bertz CT molecular complexity index is 125. The summed E-state index contributed by atoms with van der Waals surface area (Å²) in [5, 5.41) is 0. The summed E-state index contributed by atoms with van der Waals surface area (Å²) in [6, 6.07) is 0.568. The first kappa shape index (κ1) is 6.79. The number of aliphatic imine (C=N–C) groups is 1. The number of rotatable bonds is 0. The smallest absolute Gasteiger partial charge is 0.0468 e. The molecule has 0 aromatic rings. The van der Waals surface area contributed by atoms with Gasteiger partial charge in [0.1, 0.15) is 0 Å². The molecule has 0 aromatic heterocycles. The maximum Gasteiger partial charge on any atom is 0.0468 e. The van der Waals surface area contributed by atoms with Crippen LogP contribution in [0.25, 0.3) is 0 Å². The first-order valence-electron chi connectivity index (χ1n) is 3.64. The zero-order chi connectivity index (χ0) is 6.91. The lowest BCUT2D eigenvalue weighted by Gasteiger charge is -2.25. The third-order valence-electron chi connectivity index (χ3n) is 1.88. The average molecular weight is 125 g/mol. The maximum atomic E-state index is 4.36. The van der Waals surface area contributed by atoms with Crippen molar-refractivity contribution >= 4 is 6.21 Å². The van der Waals surface area contributed by atoms with E-state index in [-0.39, 0.29) is 0 Å². The van der Waals surface area contributed by atoms with Crippen molar-refractivity contribution in [2.45, 2.75) is 39.7 Å². The molecule has 1 atom stereocenters. The van der Waals surface area contributed by atoms with E-state index < -0.39 is 0 Å². The molecule has 0 saturated carbocycles. The van der Waals surface area contributed by atoms with Crippen LogP contribution in [0.1, 0.15) is 33.6 Å². The van der Waals surface area contributed by atoms with Gasteiger partial charge in [0.15, 0.2) is 0 Å². The lowest BCUT2D eigenvalue weighted by Crippen LogP contribution is -2.21. The predicted octanol–water partition coefficient (Wildman–Crippen LogP) is 2.27. The van der Waals surface area contributed by atoms with Crippen molar-refractivity contribution in [2.75, 3.05) is 0 Å². The van der Waals surface area contributed by atoms with Gasteiger partial charge in [-0.15, -0.1) is 0 Å². The van der Waals surface area contributed by atoms with Gasteiger partial charge in [0, 0.05) is 12.3 Å². The van der Waals surface area contributed by atoms with Crippen LogP contribution in [0.15, 0.2) is 4.99 Å². The Balaban J connectivity index is 2.58. The fourth-order valence-corrected chi connectivity index (χ4v) is 1.05. The van der Waals surface area contributed by atoms with Crippen molar-refractivity contribution in [1.82, 2.24) is 0 Å². The van der Waals surface area contributed by atoms with E-state index in [9.17, 15) is 0 Å². The topological polar surface area (TPSA) is 12.4 Å². The molecule has 1 heterocycles. The van der Waals surface area contributed by atoms with Gasteiger partial charge in [-0.05, 0) is 25.2 Å². The van der Waals surface area contributed by atoms with E-state index in [1.54, 1.807) is 0 Å². The summed E-state index contributed by atoms with van der Waals surface area (Å²) in [7, 11) is 0. The quantitative estimate of drug-likeness (QED) is 0.471. The number of hydrogen-bond acceptors (Lipinski definition) is 1. The monoisotopic (exact) mass is 125 g/mol. The summed E-state index contributed by atoms with van der Waals surface area (Å²) in [6.07, 6.45) is 4.64. The Morgan fingerprint density at radius 1 is 1.56 bits per heavy atom. The molecule has 0 saturated heterocycles. The molecule has 0 aliphatic carbocycles. The summed E-state index contributed by atoms with van der Waals surface area (Å²) in [4.78, 5) is 4.36. The van der Waals surface area contributed by atoms with E-state index in [1.807, 2.05) is 0 Å². The SMILES string of the molecule is CC1CCC(C)(C)C=N1. The van der Waals surface area contributed by atoms with Crippen molar-refractivity contribution in [3.8, 4) is 0 Å². The highest BCUT2D eigenvalue weighted by Crippen LogP contribution is 2.25. The van der Waals surface area contributed by atoms with Gasteiger partial charge >= 0.3 is 0 Å². The molecular weight excluding hydrogens is 110 g/mol. The molecule has 0 bridgehead atoms. The molecule has 0 amide bonds. The Kier molecular flexibility index (Phi) is 1.60.